The van der Waals surface area contributed by atoms with Gasteiger partial charge in [0.2, 0.25) is 11.8 Å². The molecule has 8 atom stereocenters. The van der Waals surface area contributed by atoms with Crippen molar-refractivity contribution in [2.75, 3.05) is 39.7 Å². The number of allylic oxidation sites excluding steroid dienone is 3. The van der Waals surface area contributed by atoms with Crippen LogP contribution in [0.15, 0.2) is 35.9 Å². The number of nitrogens with zero attached hydrogens (tertiary/aromatic N) is 2. The number of alkyl carbamates (subject to hydrolysis) is 1. The number of aliphatic hydroxyl groups is 1. The Balaban J connectivity index is 1.76. The highest BCUT2D eigenvalue weighted by Crippen LogP contribution is 2.49. The monoisotopic (exact) mass is 846 g/mol. The number of ether oxygens (including phenoxy) is 4. The first kappa shape index (κ1) is 40.8. The summed E-state index contributed by atoms with van der Waals surface area (Å²) in [5, 5.41) is 17.3. The fraction of sp³-hybridized carbons (Fsp3) is 0.600. The summed E-state index contributed by atoms with van der Waals surface area (Å²) < 4.78 is 29.1. The van der Waals surface area contributed by atoms with Crippen LogP contribution < -0.4 is 18.6 Å². The van der Waals surface area contributed by atoms with E-state index in [0.717, 1.165) is 11.1 Å². The molecule has 2 saturated heterocycles. The lowest BCUT2D eigenvalue weighted by atomic mass is 9.83. The Hall–Kier alpha value is -2.96. The van der Waals surface area contributed by atoms with Crippen molar-refractivity contribution >= 4 is 64.2 Å². The van der Waals surface area contributed by atoms with Gasteiger partial charge in [0.05, 0.1) is 18.2 Å². The van der Waals surface area contributed by atoms with E-state index in [9.17, 15) is 24.3 Å². The van der Waals surface area contributed by atoms with Gasteiger partial charge in [0.15, 0.2) is 34.5 Å². The maximum Gasteiger partial charge on any atom is 0.409 e. The van der Waals surface area contributed by atoms with Crippen LogP contribution in [0.1, 0.15) is 52.5 Å². The zero-order chi connectivity index (χ0) is 37.8. The molecule has 14 nitrogen and oxygen atoms in total. The average Bonchev–Trinajstić information content (AvgIpc) is 3.79. The molecule has 0 saturated carbocycles. The number of halogens is 2. The number of carbonyl (C=O) groups is 4. The maximum absolute atomic E-state index is 14.1. The summed E-state index contributed by atoms with van der Waals surface area (Å²) in [6, 6.07) is 2.60. The Morgan fingerprint density at radius 3 is 2.67 bits per heavy atom. The summed E-state index contributed by atoms with van der Waals surface area (Å²) in [4.78, 5) is 55.9. The number of likely N-dealkylation sites (N-methyl/N-ethyl adjacent to an activating group) is 1. The summed E-state index contributed by atoms with van der Waals surface area (Å²) in [5.41, 5.74) is -0.910. The van der Waals surface area contributed by atoms with Crippen LogP contribution in [0, 0.1) is 5.92 Å². The molecule has 0 aliphatic carbocycles. The molecule has 16 heteroatoms. The molecule has 0 aromatic heterocycles. The highest BCUT2D eigenvalue weighted by Gasteiger charge is 2.64. The number of rotatable bonds is 8. The first-order chi connectivity index (χ1) is 24.0. The third-order valence-electron chi connectivity index (χ3n) is 9.98. The second-order valence-corrected chi connectivity index (χ2v) is 14.4. The number of carbonyl (C=O) groups excluding carboxylic acids is 4. The topological polar surface area (TPSA) is 169 Å². The van der Waals surface area contributed by atoms with Gasteiger partial charge in [-0.3, -0.25) is 14.9 Å². The summed E-state index contributed by atoms with van der Waals surface area (Å²) in [6.07, 6.45) is 1.14. The second-order valence-electron chi connectivity index (χ2n) is 13.6. The average molecular weight is 847 g/mol. The minimum Gasteiger partial charge on any atom is -0.457 e. The van der Waals surface area contributed by atoms with E-state index in [4.69, 9.17) is 33.6 Å². The van der Waals surface area contributed by atoms with Gasteiger partial charge < -0.3 is 42.2 Å². The smallest absolute Gasteiger partial charge is 0.409 e. The van der Waals surface area contributed by atoms with Gasteiger partial charge in [-0.2, -0.15) is 0 Å². The first-order valence-corrected chi connectivity index (χ1v) is 18.0. The number of epoxide rings is 1. The lowest BCUT2D eigenvalue weighted by Gasteiger charge is -2.42. The normalized spacial score (nSPS) is 31.9. The molecule has 0 unspecified atom stereocenters. The van der Waals surface area contributed by atoms with Crippen LogP contribution >= 0.6 is 34.6 Å². The molecule has 3 amide bonds. The van der Waals surface area contributed by atoms with Gasteiger partial charge in [-0.1, -0.05) is 42.3 Å². The Bertz CT molecular complexity index is 1560. The van der Waals surface area contributed by atoms with E-state index in [2.05, 4.69) is 10.6 Å². The van der Waals surface area contributed by atoms with Crippen molar-refractivity contribution in [2.24, 2.45) is 5.92 Å². The Morgan fingerprint density at radius 1 is 1.31 bits per heavy atom. The fourth-order valence-electron chi connectivity index (χ4n) is 6.53. The van der Waals surface area contributed by atoms with Crippen LogP contribution in [-0.4, -0.2) is 110 Å². The van der Waals surface area contributed by atoms with E-state index in [1.165, 1.54) is 24.0 Å². The molecular weight excluding hydrogens is 799 g/mol. The Kier molecular flexibility index (Phi) is 13.4. The number of amides is 3. The number of hydrogen-bond donors (Lipinski definition) is 3. The van der Waals surface area contributed by atoms with Gasteiger partial charge >= 0.3 is 12.1 Å². The predicted octanol–water partition coefficient (Wildman–Crippen LogP) is 3.84. The number of esters is 1. The van der Waals surface area contributed by atoms with E-state index in [-0.39, 0.29) is 30.2 Å². The van der Waals surface area contributed by atoms with E-state index in [0.29, 0.717) is 24.4 Å². The highest BCUT2D eigenvalue weighted by molar-refractivity contribution is 14.1. The Morgan fingerprint density at radius 2 is 2.02 bits per heavy atom. The molecule has 1 aromatic carbocycles. The van der Waals surface area contributed by atoms with Crippen LogP contribution in [0.25, 0.3) is 0 Å². The van der Waals surface area contributed by atoms with E-state index in [1.54, 1.807) is 82.2 Å². The van der Waals surface area contributed by atoms with Crippen LogP contribution in [0.2, 0.25) is 5.02 Å². The molecule has 1 aromatic rings. The van der Waals surface area contributed by atoms with Crippen molar-refractivity contribution in [3.63, 3.8) is 0 Å². The minimum absolute atomic E-state index is 0.0481. The SMILES string of the molecule is CNCCC(=O)N(C)[C@@H](C)C(=O)O[C@@H]1CC(=O)N(C)c2cc(cc(OI)c2Cl)C/C(C)=C/C=C/[C@@H](OC)[C@@]2(O)C[C@H](OC(=O)N2)[C@@H](C)[C@@H]2O[C@@]12C. The molecule has 51 heavy (non-hydrogen) atoms. The summed E-state index contributed by atoms with van der Waals surface area (Å²) in [6.45, 7) is 7.42. The van der Waals surface area contributed by atoms with Crippen LogP contribution in [0.3, 0.4) is 0 Å². The molecule has 3 heterocycles. The van der Waals surface area contributed by atoms with Crippen molar-refractivity contribution in [3.05, 3.63) is 46.5 Å². The molecule has 0 spiro atoms. The largest absolute Gasteiger partial charge is 0.457 e. The molecule has 0 radical (unpaired) electrons. The van der Waals surface area contributed by atoms with E-state index >= 15 is 0 Å². The molecule has 3 N–H and O–H groups in total. The third-order valence-corrected chi connectivity index (χ3v) is 10.8. The van der Waals surface area contributed by atoms with Crippen molar-refractivity contribution < 1.29 is 46.3 Å². The fourth-order valence-corrected chi connectivity index (χ4v) is 7.29. The summed E-state index contributed by atoms with van der Waals surface area (Å²) in [7, 11) is 6.25. The molecule has 282 valence electrons. The van der Waals surface area contributed by atoms with Gasteiger partial charge in [-0.05, 0) is 51.9 Å². The van der Waals surface area contributed by atoms with Gasteiger partial charge in [0, 0.05) is 46.5 Å². The van der Waals surface area contributed by atoms with Crippen molar-refractivity contribution in [1.29, 1.82) is 0 Å². The quantitative estimate of drug-likeness (QED) is 0.198. The number of anilines is 1. The zero-order valence-corrected chi connectivity index (χ0v) is 33.1. The lowest BCUT2D eigenvalue weighted by molar-refractivity contribution is -0.162. The van der Waals surface area contributed by atoms with E-state index in [1.807, 2.05) is 13.0 Å². The molecule has 2 fully saturated rings. The maximum atomic E-state index is 14.1. The van der Waals surface area contributed by atoms with Crippen LogP contribution in [0.5, 0.6) is 5.75 Å². The number of nitrogens with one attached hydrogen (secondary N) is 2. The third kappa shape index (κ3) is 9.16. The Labute approximate surface area is 317 Å². The van der Waals surface area contributed by atoms with Gasteiger partial charge in [0.25, 0.3) is 0 Å². The molecule has 4 rings (SSSR count). The van der Waals surface area contributed by atoms with Crippen molar-refractivity contribution in [2.45, 2.75) is 95.2 Å². The van der Waals surface area contributed by atoms with Crippen molar-refractivity contribution in [3.8, 4) is 5.75 Å². The second kappa shape index (κ2) is 16.8. The summed E-state index contributed by atoms with van der Waals surface area (Å²) in [5.74, 6) is -1.58. The number of methoxy groups -OCH3 is 1. The number of fused-ring (bicyclic) bond motifs is 5. The summed E-state index contributed by atoms with van der Waals surface area (Å²) >= 11 is 8.47. The number of benzene rings is 1. The zero-order valence-electron chi connectivity index (χ0n) is 30.2. The predicted molar refractivity (Wildman–Crippen MR) is 198 cm³/mol. The van der Waals surface area contributed by atoms with Gasteiger partial charge in [-0.25, -0.2) is 9.59 Å². The lowest BCUT2D eigenvalue weighted by Crippen LogP contribution is -2.63. The standard InChI is InChI=1S/C35H48ClIN4O10/c1-19-10-9-11-26(47-8)35(46)18-25(48-33(45)39-35)20(2)31-34(4,50-31)27(49-32(44)21(3)40(6)28(42)12-13-38-5)17-29(43)41(7)23-15-22(14-19)16-24(51-37)30(23)36/h9-11,15-16,20-21,25-27,31,38,46H,12-14,17-18H2,1-8H3,(H,39,45)/b11-9+,19-10+/t20-,21+,25+,26-,27-,31+,34+,35+/m1/s1. The highest BCUT2D eigenvalue weighted by atomic mass is 127. The van der Waals surface area contributed by atoms with Gasteiger partial charge in [-0.15, -0.1) is 0 Å². The molecular formula is C35H48ClIN4O10. The van der Waals surface area contributed by atoms with Crippen LogP contribution in [0.4, 0.5) is 10.5 Å². The molecule has 4 bridgehead atoms. The van der Waals surface area contributed by atoms with Crippen LogP contribution in [-0.2, 0) is 39.8 Å². The molecule has 3 aliphatic rings. The van der Waals surface area contributed by atoms with Crippen molar-refractivity contribution in [1.82, 2.24) is 15.5 Å². The molecule has 3 aliphatic heterocycles. The van der Waals surface area contributed by atoms with E-state index < -0.39 is 65.7 Å². The minimum atomic E-state index is -1.82. The first-order valence-electron chi connectivity index (χ1n) is 16.7. The number of hydrogen-bond acceptors (Lipinski definition) is 11. The van der Waals surface area contributed by atoms with Gasteiger partial charge in [0.1, 0.15) is 35.0 Å².